The third-order valence-corrected chi connectivity index (χ3v) is 3.29. The van der Waals surface area contributed by atoms with Crippen LogP contribution >= 0.6 is 11.6 Å². The number of nitrogens with zero attached hydrogens (tertiary/aromatic N) is 1. The zero-order valence-electron chi connectivity index (χ0n) is 12.5. The summed E-state index contributed by atoms with van der Waals surface area (Å²) in [6.45, 7) is 6.67. The molecule has 0 amide bonds. The largest absolute Gasteiger partial charge is 0.487 e. The lowest BCUT2D eigenvalue weighted by molar-refractivity contribution is 0.306. The summed E-state index contributed by atoms with van der Waals surface area (Å²) in [5.41, 5.74) is 2.19. The fraction of sp³-hybridized carbons (Fsp3) is 0.353. The quantitative estimate of drug-likeness (QED) is 0.837. The van der Waals surface area contributed by atoms with Crippen LogP contribution in [0.2, 0.25) is 5.02 Å². The highest BCUT2D eigenvalue weighted by Gasteiger charge is 2.04. The third kappa shape index (κ3) is 5.37. The Balaban J connectivity index is 1.90. The lowest BCUT2D eigenvalue weighted by Crippen LogP contribution is -2.18. The molecular weight excluding hydrogens is 284 g/mol. The summed E-state index contributed by atoms with van der Waals surface area (Å²) in [5.74, 6) is 1.34. The van der Waals surface area contributed by atoms with E-state index in [1.807, 2.05) is 30.3 Å². The first kappa shape index (κ1) is 15.8. The van der Waals surface area contributed by atoms with Crippen molar-refractivity contribution in [1.29, 1.82) is 0 Å². The second kappa shape index (κ2) is 8.01. The van der Waals surface area contributed by atoms with Crippen molar-refractivity contribution in [1.82, 2.24) is 10.3 Å². The zero-order chi connectivity index (χ0) is 15.1. The van der Waals surface area contributed by atoms with Crippen LogP contribution in [0, 0.1) is 5.92 Å². The molecule has 21 heavy (non-hydrogen) atoms. The van der Waals surface area contributed by atoms with Crippen LogP contribution in [0.25, 0.3) is 0 Å². The standard InChI is InChI=1S/C17H21ClN2O/c1-13(2)9-20-10-14-5-6-17(16(18)8-14)21-12-15-4-3-7-19-11-15/h3-8,11,13,20H,9-10,12H2,1-2H3. The number of ether oxygens (including phenoxy) is 1. The first-order chi connectivity index (χ1) is 10.1. The van der Waals surface area contributed by atoms with Gasteiger partial charge in [0.1, 0.15) is 12.4 Å². The molecule has 112 valence electrons. The SMILES string of the molecule is CC(C)CNCc1ccc(OCc2cccnc2)c(Cl)c1. The Morgan fingerprint density at radius 2 is 2.10 bits per heavy atom. The fourth-order valence-electron chi connectivity index (χ4n) is 1.92. The molecule has 0 bridgehead atoms. The van der Waals surface area contributed by atoms with Crippen LogP contribution in [0.1, 0.15) is 25.0 Å². The van der Waals surface area contributed by atoms with Crippen LogP contribution in [-0.2, 0) is 13.2 Å². The topological polar surface area (TPSA) is 34.1 Å². The Labute approximate surface area is 131 Å². The molecule has 1 heterocycles. The third-order valence-electron chi connectivity index (χ3n) is 3.00. The molecule has 0 aliphatic heterocycles. The van der Waals surface area contributed by atoms with Crippen LogP contribution in [0.5, 0.6) is 5.75 Å². The molecule has 0 atom stereocenters. The van der Waals surface area contributed by atoms with Crippen molar-refractivity contribution < 1.29 is 4.74 Å². The molecule has 2 rings (SSSR count). The lowest BCUT2D eigenvalue weighted by Gasteiger charge is -2.11. The van der Waals surface area contributed by atoms with Gasteiger partial charge >= 0.3 is 0 Å². The molecule has 1 N–H and O–H groups in total. The van der Waals surface area contributed by atoms with Crippen LogP contribution in [0.15, 0.2) is 42.7 Å². The Kier molecular flexibility index (Phi) is 6.03. The second-order valence-electron chi connectivity index (χ2n) is 5.44. The number of rotatable bonds is 7. The minimum atomic E-state index is 0.471. The maximum absolute atomic E-state index is 6.27. The van der Waals surface area contributed by atoms with Crippen molar-refractivity contribution in [3.05, 3.63) is 58.9 Å². The van der Waals surface area contributed by atoms with Gasteiger partial charge in [0.2, 0.25) is 0 Å². The summed E-state index contributed by atoms with van der Waals surface area (Å²) in [5, 5.41) is 4.04. The first-order valence-electron chi connectivity index (χ1n) is 7.16. The van der Waals surface area contributed by atoms with Gasteiger partial charge in [-0.2, -0.15) is 0 Å². The van der Waals surface area contributed by atoms with Gasteiger partial charge in [-0.15, -0.1) is 0 Å². The van der Waals surface area contributed by atoms with Gasteiger partial charge in [0, 0.05) is 24.5 Å². The van der Waals surface area contributed by atoms with E-state index in [0.717, 1.165) is 24.2 Å². The van der Waals surface area contributed by atoms with Crippen molar-refractivity contribution in [3.8, 4) is 5.75 Å². The number of nitrogens with one attached hydrogen (secondary N) is 1. The van der Waals surface area contributed by atoms with E-state index in [1.165, 1.54) is 0 Å². The Bertz CT molecular complexity index is 558. The molecule has 1 aromatic carbocycles. The minimum Gasteiger partial charge on any atom is -0.487 e. The van der Waals surface area contributed by atoms with Crippen LogP contribution in [0.3, 0.4) is 0 Å². The Morgan fingerprint density at radius 1 is 1.24 bits per heavy atom. The van der Waals surface area contributed by atoms with Gasteiger partial charge in [0.15, 0.2) is 0 Å². The summed E-state index contributed by atoms with van der Waals surface area (Å²) in [4.78, 5) is 4.06. The summed E-state index contributed by atoms with van der Waals surface area (Å²) in [6.07, 6.45) is 3.54. The molecule has 2 aromatic rings. The molecule has 0 saturated carbocycles. The van der Waals surface area contributed by atoms with Gasteiger partial charge in [0.05, 0.1) is 5.02 Å². The van der Waals surface area contributed by atoms with Crippen molar-refractivity contribution in [2.24, 2.45) is 5.92 Å². The van der Waals surface area contributed by atoms with Crippen molar-refractivity contribution in [2.45, 2.75) is 27.0 Å². The lowest BCUT2D eigenvalue weighted by atomic mass is 10.2. The van der Waals surface area contributed by atoms with E-state index in [-0.39, 0.29) is 0 Å². The first-order valence-corrected chi connectivity index (χ1v) is 7.54. The van der Waals surface area contributed by atoms with Gasteiger partial charge in [-0.25, -0.2) is 0 Å². The predicted molar refractivity (Wildman–Crippen MR) is 86.6 cm³/mol. The average Bonchev–Trinajstić information content (AvgIpc) is 2.47. The summed E-state index contributed by atoms with van der Waals surface area (Å²) < 4.78 is 5.73. The molecular formula is C17H21ClN2O. The zero-order valence-corrected chi connectivity index (χ0v) is 13.2. The number of benzene rings is 1. The molecule has 0 radical (unpaired) electrons. The summed E-state index contributed by atoms with van der Waals surface area (Å²) in [6, 6.07) is 9.78. The van der Waals surface area contributed by atoms with E-state index >= 15 is 0 Å². The molecule has 0 aliphatic rings. The molecule has 1 aromatic heterocycles. The molecule has 0 saturated heterocycles. The van der Waals surface area contributed by atoms with Crippen LogP contribution in [-0.4, -0.2) is 11.5 Å². The van der Waals surface area contributed by atoms with Gasteiger partial charge in [-0.3, -0.25) is 4.98 Å². The fourth-order valence-corrected chi connectivity index (χ4v) is 2.18. The number of pyridine rings is 1. The normalized spacial score (nSPS) is 10.9. The van der Waals surface area contributed by atoms with Gasteiger partial charge in [-0.05, 0) is 36.2 Å². The van der Waals surface area contributed by atoms with E-state index < -0.39 is 0 Å². The highest BCUT2D eigenvalue weighted by atomic mass is 35.5. The maximum atomic E-state index is 6.27. The number of hydrogen-bond acceptors (Lipinski definition) is 3. The highest BCUT2D eigenvalue weighted by molar-refractivity contribution is 6.32. The molecule has 0 unspecified atom stereocenters. The van der Waals surface area contributed by atoms with Gasteiger partial charge in [-0.1, -0.05) is 37.6 Å². The number of aromatic nitrogens is 1. The summed E-state index contributed by atoms with van der Waals surface area (Å²) >= 11 is 6.27. The van der Waals surface area contributed by atoms with Crippen LogP contribution < -0.4 is 10.1 Å². The van der Waals surface area contributed by atoms with Gasteiger partial charge < -0.3 is 10.1 Å². The molecule has 4 heteroatoms. The Morgan fingerprint density at radius 3 is 2.76 bits per heavy atom. The van der Waals surface area contributed by atoms with E-state index in [4.69, 9.17) is 16.3 Å². The molecule has 0 spiro atoms. The Hall–Kier alpha value is -1.58. The van der Waals surface area contributed by atoms with Crippen LogP contribution in [0.4, 0.5) is 0 Å². The van der Waals surface area contributed by atoms with Crippen molar-refractivity contribution in [3.63, 3.8) is 0 Å². The van der Waals surface area contributed by atoms with Gasteiger partial charge in [0.25, 0.3) is 0 Å². The molecule has 0 fully saturated rings. The maximum Gasteiger partial charge on any atom is 0.138 e. The minimum absolute atomic E-state index is 0.471. The van der Waals surface area contributed by atoms with E-state index in [0.29, 0.717) is 23.3 Å². The monoisotopic (exact) mass is 304 g/mol. The van der Waals surface area contributed by atoms with Crippen molar-refractivity contribution >= 4 is 11.6 Å². The smallest absolute Gasteiger partial charge is 0.138 e. The van der Waals surface area contributed by atoms with Crippen molar-refractivity contribution in [2.75, 3.05) is 6.54 Å². The summed E-state index contributed by atoms with van der Waals surface area (Å²) in [7, 11) is 0. The highest BCUT2D eigenvalue weighted by Crippen LogP contribution is 2.26. The van der Waals surface area contributed by atoms with E-state index in [1.54, 1.807) is 12.4 Å². The molecule has 0 aliphatic carbocycles. The predicted octanol–water partition coefficient (Wildman–Crippen LogP) is 4.06. The second-order valence-corrected chi connectivity index (χ2v) is 5.85. The van der Waals surface area contributed by atoms with E-state index in [9.17, 15) is 0 Å². The number of hydrogen-bond donors (Lipinski definition) is 1. The van der Waals surface area contributed by atoms with E-state index in [2.05, 4.69) is 24.1 Å². The number of halogens is 1. The molecule has 3 nitrogen and oxygen atoms in total. The average molecular weight is 305 g/mol.